The lowest BCUT2D eigenvalue weighted by molar-refractivity contribution is 0.0918. The first-order valence-corrected chi connectivity index (χ1v) is 11.7. The Morgan fingerprint density at radius 3 is 2.89 bits per heavy atom. The largest absolute Gasteiger partial charge is 0.352 e. The smallest absolute Gasteiger partial charge is 0.292 e. The van der Waals surface area contributed by atoms with E-state index in [1.54, 1.807) is 21.6 Å². The monoisotopic (exact) mass is 479 g/mol. The molecule has 1 saturated heterocycles. The fraction of sp³-hybridized carbons (Fsp3) is 0.478. The van der Waals surface area contributed by atoms with E-state index < -0.39 is 12.1 Å². The highest BCUT2D eigenvalue weighted by molar-refractivity contribution is 5.90. The van der Waals surface area contributed by atoms with Crippen LogP contribution in [0.15, 0.2) is 35.4 Å². The average Bonchev–Trinajstić information content (AvgIpc) is 3.29. The number of aryl methyl sites for hydroxylation is 1. The Balaban J connectivity index is 1.13. The lowest BCUT2D eigenvalue weighted by Crippen LogP contribution is -2.46. The van der Waals surface area contributed by atoms with Crippen molar-refractivity contribution in [3.8, 4) is 11.3 Å². The molecule has 12 heteroatoms. The zero-order valence-electron chi connectivity index (χ0n) is 19.6. The molecule has 4 aromatic rings. The summed E-state index contributed by atoms with van der Waals surface area (Å²) in [5.41, 5.74) is 2.29. The average molecular weight is 480 g/mol. The number of alkyl halides is 1. The Kier molecular flexibility index (Phi) is 5.04. The van der Waals surface area contributed by atoms with Gasteiger partial charge >= 0.3 is 0 Å². The highest BCUT2D eigenvalue weighted by atomic mass is 19.1. The highest BCUT2D eigenvalue weighted by Gasteiger charge is 2.45. The number of halogens is 1. The summed E-state index contributed by atoms with van der Waals surface area (Å²) in [6.07, 6.45) is 8.55. The summed E-state index contributed by atoms with van der Waals surface area (Å²) in [7, 11) is 1.85. The van der Waals surface area contributed by atoms with Gasteiger partial charge in [0.05, 0.1) is 30.8 Å². The molecule has 1 saturated carbocycles. The van der Waals surface area contributed by atoms with Gasteiger partial charge in [0.2, 0.25) is 5.89 Å². The first kappa shape index (κ1) is 21.7. The predicted octanol–water partition coefficient (Wildman–Crippen LogP) is 2.16. The van der Waals surface area contributed by atoms with Crippen LogP contribution in [0.3, 0.4) is 0 Å². The zero-order valence-corrected chi connectivity index (χ0v) is 19.6. The molecule has 2 fully saturated rings. The van der Waals surface area contributed by atoms with Crippen LogP contribution < -0.4 is 10.2 Å². The van der Waals surface area contributed by atoms with Crippen LogP contribution in [0, 0.1) is 5.92 Å². The molecule has 11 nitrogen and oxygen atoms in total. The van der Waals surface area contributed by atoms with E-state index in [4.69, 9.17) is 9.51 Å². The van der Waals surface area contributed by atoms with Gasteiger partial charge in [-0.2, -0.15) is 15.2 Å². The van der Waals surface area contributed by atoms with Crippen molar-refractivity contribution in [3.63, 3.8) is 0 Å². The maximum absolute atomic E-state index is 15.3. The number of aromatic nitrogens is 7. The quantitative estimate of drug-likeness (QED) is 0.447. The van der Waals surface area contributed by atoms with Gasteiger partial charge in [-0.1, -0.05) is 12.1 Å². The third kappa shape index (κ3) is 4.02. The standard InChI is InChI=1S/C23H26FN9O2/c1-23(5-6-23)22-29-19(30-35-22)21(34)25-9-14-4-8-32(12-16(14)24)20-18-3-7-26-33(18)13-17(28-20)15-10-27-31(2)11-15/h3,7,10-11,13-14,16H,4-6,8-9,12H2,1-2H3,(H,25,34)/t14-,16-/m1/s1. The van der Waals surface area contributed by atoms with E-state index >= 15 is 4.39 Å². The third-order valence-corrected chi connectivity index (χ3v) is 7.02. The van der Waals surface area contributed by atoms with Crippen molar-refractivity contribution in [2.24, 2.45) is 13.0 Å². The molecule has 4 aromatic heterocycles. The van der Waals surface area contributed by atoms with Gasteiger partial charge in [0.15, 0.2) is 5.82 Å². The Labute approximate surface area is 200 Å². The molecule has 0 unspecified atom stereocenters. The second-order valence-electron chi connectivity index (χ2n) is 9.72. The number of hydrogen-bond acceptors (Lipinski definition) is 8. The lowest BCUT2D eigenvalue weighted by Gasteiger charge is -2.35. The number of piperidine rings is 1. The molecule has 6 rings (SSSR count). The minimum Gasteiger partial charge on any atom is -0.352 e. The molecule has 1 N–H and O–H groups in total. The molecule has 5 heterocycles. The number of fused-ring (bicyclic) bond motifs is 1. The predicted molar refractivity (Wildman–Crippen MR) is 124 cm³/mol. The number of hydrogen-bond donors (Lipinski definition) is 1. The van der Waals surface area contributed by atoms with Crippen LogP contribution in [-0.2, 0) is 12.5 Å². The van der Waals surface area contributed by atoms with E-state index in [1.165, 1.54) is 0 Å². The van der Waals surface area contributed by atoms with E-state index in [-0.39, 0.29) is 30.2 Å². The van der Waals surface area contributed by atoms with Gasteiger partial charge in [-0.3, -0.25) is 9.48 Å². The van der Waals surface area contributed by atoms with E-state index in [0.29, 0.717) is 30.4 Å². The molecule has 182 valence electrons. The highest BCUT2D eigenvalue weighted by Crippen LogP contribution is 2.46. The van der Waals surface area contributed by atoms with Gasteiger partial charge in [-0.25, -0.2) is 13.9 Å². The summed E-state index contributed by atoms with van der Waals surface area (Å²) >= 11 is 0. The molecule has 0 aromatic carbocycles. The lowest BCUT2D eigenvalue weighted by atomic mass is 9.94. The van der Waals surface area contributed by atoms with E-state index in [1.807, 2.05) is 37.3 Å². The van der Waals surface area contributed by atoms with Crippen molar-refractivity contribution in [2.45, 2.75) is 37.8 Å². The van der Waals surface area contributed by atoms with Gasteiger partial charge in [-0.05, 0) is 25.3 Å². The van der Waals surface area contributed by atoms with Crippen LogP contribution >= 0.6 is 0 Å². The first-order chi connectivity index (χ1) is 16.9. The number of carbonyl (C=O) groups excluding carboxylic acids is 1. The molecule has 1 amide bonds. The Morgan fingerprint density at radius 2 is 2.14 bits per heavy atom. The van der Waals surface area contributed by atoms with E-state index in [9.17, 15) is 4.79 Å². The van der Waals surface area contributed by atoms with Gasteiger partial charge in [0.1, 0.15) is 11.7 Å². The molecule has 1 aliphatic heterocycles. The molecule has 35 heavy (non-hydrogen) atoms. The Morgan fingerprint density at radius 1 is 1.29 bits per heavy atom. The summed E-state index contributed by atoms with van der Waals surface area (Å²) in [5.74, 6) is 0.421. The molecular formula is C23H26FN9O2. The fourth-order valence-corrected chi connectivity index (χ4v) is 4.48. The maximum atomic E-state index is 15.3. The van der Waals surface area contributed by atoms with Gasteiger partial charge < -0.3 is 14.7 Å². The number of carbonyl (C=O) groups is 1. The minimum atomic E-state index is -1.14. The maximum Gasteiger partial charge on any atom is 0.292 e. The van der Waals surface area contributed by atoms with Gasteiger partial charge in [0.25, 0.3) is 11.7 Å². The Bertz CT molecular complexity index is 1390. The second kappa shape index (κ2) is 8.14. The van der Waals surface area contributed by atoms with Gasteiger partial charge in [-0.15, -0.1) is 0 Å². The number of anilines is 1. The third-order valence-electron chi connectivity index (χ3n) is 7.02. The molecule has 1 aliphatic carbocycles. The Hall–Kier alpha value is -3.83. The van der Waals surface area contributed by atoms with Crippen molar-refractivity contribution < 1.29 is 13.7 Å². The fourth-order valence-electron chi connectivity index (χ4n) is 4.48. The number of nitrogens with one attached hydrogen (secondary N) is 1. The van der Waals surface area contributed by atoms with Crippen LogP contribution in [0.4, 0.5) is 10.2 Å². The van der Waals surface area contributed by atoms with Crippen LogP contribution in [0.5, 0.6) is 0 Å². The summed E-state index contributed by atoms with van der Waals surface area (Å²) in [4.78, 5) is 23.5. The molecule has 0 spiro atoms. The van der Waals surface area contributed by atoms with Crippen molar-refractivity contribution in [2.75, 3.05) is 24.5 Å². The topological polar surface area (TPSA) is 119 Å². The SMILES string of the molecule is Cn1cc(-c2cn3nccc3c(N3CC[C@H](CNC(=O)c4noc(C5(C)CC5)n4)[C@H](F)C3)n2)cn1. The van der Waals surface area contributed by atoms with Crippen molar-refractivity contribution in [1.82, 2.24) is 39.8 Å². The normalized spacial score (nSPS) is 21.4. The summed E-state index contributed by atoms with van der Waals surface area (Å²) in [5, 5.41) is 15.2. The molecular weight excluding hydrogens is 453 g/mol. The van der Waals surface area contributed by atoms with Gasteiger partial charge in [0, 0.05) is 43.2 Å². The van der Waals surface area contributed by atoms with Crippen LogP contribution in [0.1, 0.15) is 42.7 Å². The molecule has 2 atom stereocenters. The molecule has 0 radical (unpaired) electrons. The zero-order chi connectivity index (χ0) is 24.2. The molecule has 0 bridgehead atoms. The van der Waals surface area contributed by atoms with Crippen LogP contribution in [0.2, 0.25) is 0 Å². The van der Waals surface area contributed by atoms with Crippen molar-refractivity contribution in [1.29, 1.82) is 0 Å². The van der Waals surface area contributed by atoms with E-state index in [0.717, 1.165) is 23.9 Å². The second-order valence-corrected chi connectivity index (χ2v) is 9.72. The van der Waals surface area contributed by atoms with Crippen LogP contribution in [0.25, 0.3) is 16.8 Å². The number of amides is 1. The molecule has 2 aliphatic rings. The van der Waals surface area contributed by atoms with Crippen molar-refractivity contribution >= 4 is 17.2 Å². The van der Waals surface area contributed by atoms with Crippen molar-refractivity contribution in [3.05, 3.63) is 42.6 Å². The number of nitrogens with zero attached hydrogens (tertiary/aromatic N) is 8. The van der Waals surface area contributed by atoms with Crippen LogP contribution in [-0.4, -0.2) is 66.2 Å². The van der Waals surface area contributed by atoms with E-state index in [2.05, 4.69) is 25.7 Å². The summed E-state index contributed by atoms with van der Waals surface area (Å²) < 4.78 is 24.0. The summed E-state index contributed by atoms with van der Waals surface area (Å²) in [6, 6.07) is 1.87. The number of rotatable bonds is 6. The summed E-state index contributed by atoms with van der Waals surface area (Å²) in [6.45, 7) is 3.02. The first-order valence-electron chi connectivity index (χ1n) is 11.7. The minimum absolute atomic E-state index is 0.000473.